The summed E-state index contributed by atoms with van der Waals surface area (Å²) in [7, 11) is 0. The fraction of sp³-hybridized carbons (Fsp3) is 0.654. The summed E-state index contributed by atoms with van der Waals surface area (Å²) < 4.78 is 1.91. The number of hydrogen-bond donors (Lipinski definition) is 2. The van der Waals surface area contributed by atoms with Crippen LogP contribution in [-0.4, -0.2) is 43.6 Å². The molecule has 33 heavy (non-hydrogen) atoms. The molecule has 0 spiro atoms. The van der Waals surface area contributed by atoms with Gasteiger partial charge < -0.3 is 15.5 Å². The van der Waals surface area contributed by atoms with Gasteiger partial charge in [0.1, 0.15) is 0 Å². The van der Waals surface area contributed by atoms with Crippen molar-refractivity contribution in [2.75, 3.05) is 0 Å². The molecule has 2 aliphatic heterocycles. The smallest absolute Gasteiger partial charge is 0.281 e. The summed E-state index contributed by atoms with van der Waals surface area (Å²) in [5, 5.41) is 12.3. The minimum atomic E-state index is -0.243. The van der Waals surface area contributed by atoms with Crippen molar-refractivity contribution in [2.45, 2.75) is 94.8 Å². The van der Waals surface area contributed by atoms with E-state index in [4.69, 9.17) is 5.73 Å². The van der Waals surface area contributed by atoms with E-state index in [1.807, 2.05) is 28.8 Å². The zero-order valence-corrected chi connectivity index (χ0v) is 19.3. The zero-order chi connectivity index (χ0) is 22.5. The normalized spacial score (nSPS) is 35.0. The maximum atomic E-state index is 13.5. The number of rotatable bonds is 3. The van der Waals surface area contributed by atoms with E-state index in [1.54, 1.807) is 0 Å². The molecule has 7 nitrogen and oxygen atoms in total. The van der Waals surface area contributed by atoms with E-state index in [0.29, 0.717) is 17.6 Å². The predicted molar refractivity (Wildman–Crippen MR) is 129 cm³/mol. The Bertz CT molecular complexity index is 1100. The lowest BCUT2D eigenvalue weighted by Crippen LogP contribution is -2.58. The van der Waals surface area contributed by atoms with Crippen LogP contribution in [0.25, 0.3) is 11.0 Å². The third-order valence-corrected chi connectivity index (χ3v) is 9.04. The molecule has 4 bridgehead atoms. The predicted octanol–water partition coefficient (Wildman–Crippen LogP) is 4.02. The Morgan fingerprint density at radius 1 is 0.909 bits per heavy atom. The Morgan fingerprint density at radius 3 is 2.27 bits per heavy atom. The molecular formula is C26H35N5O2. The highest BCUT2D eigenvalue weighted by Gasteiger charge is 2.45. The van der Waals surface area contributed by atoms with Gasteiger partial charge in [0.15, 0.2) is 11.5 Å². The second kappa shape index (κ2) is 8.42. The number of amidine groups is 1. The van der Waals surface area contributed by atoms with Crippen molar-refractivity contribution in [1.82, 2.24) is 14.5 Å². The molecule has 2 aromatic rings. The highest BCUT2D eigenvalue weighted by atomic mass is 16.4. The number of piperidine rings is 2. The first-order chi connectivity index (χ1) is 16.1. The van der Waals surface area contributed by atoms with Gasteiger partial charge >= 0.3 is 0 Å². The number of aromatic nitrogens is 2. The van der Waals surface area contributed by atoms with Crippen LogP contribution < -0.4 is 11.3 Å². The van der Waals surface area contributed by atoms with Crippen LogP contribution in [0, 0.1) is 11.8 Å². The molecular weight excluding hydrogens is 414 g/mol. The summed E-state index contributed by atoms with van der Waals surface area (Å²) >= 11 is 0. The summed E-state index contributed by atoms with van der Waals surface area (Å²) in [5.74, 6) is 1.64. The minimum Gasteiger partial charge on any atom is -0.409 e. The lowest BCUT2D eigenvalue weighted by atomic mass is 9.68. The van der Waals surface area contributed by atoms with E-state index in [9.17, 15) is 10.0 Å². The van der Waals surface area contributed by atoms with Crippen molar-refractivity contribution in [3.63, 3.8) is 0 Å². The minimum absolute atomic E-state index is 0.0453. The molecule has 2 aliphatic carbocycles. The molecule has 1 aromatic carbocycles. The third kappa shape index (κ3) is 3.65. The van der Waals surface area contributed by atoms with Gasteiger partial charge in [0, 0.05) is 24.2 Å². The van der Waals surface area contributed by atoms with Crippen LogP contribution in [0.3, 0.4) is 0 Å². The van der Waals surface area contributed by atoms with E-state index < -0.39 is 0 Å². The van der Waals surface area contributed by atoms with Gasteiger partial charge in [0.05, 0.1) is 11.0 Å². The molecule has 176 valence electrons. The summed E-state index contributed by atoms with van der Waals surface area (Å²) in [6.45, 7) is 0. The number of nitrogens with two attached hydrogens (primary N) is 1. The monoisotopic (exact) mass is 449 g/mol. The van der Waals surface area contributed by atoms with E-state index in [0.717, 1.165) is 36.2 Å². The van der Waals surface area contributed by atoms with Crippen LogP contribution in [0.4, 0.5) is 0 Å². The average Bonchev–Trinajstić information content (AvgIpc) is 2.82. The van der Waals surface area contributed by atoms with Crippen molar-refractivity contribution in [2.24, 2.45) is 22.7 Å². The van der Waals surface area contributed by atoms with Gasteiger partial charge in [-0.15, -0.1) is 0 Å². The van der Waals surface area contributed by atoms with Crippen molar-refractivity contribution >= 4 is 16.9 Å². The van der Waals surface area contributed by atoms with Crippen LogP contribution in [0.15, 0.2) is 34.2 Å². The lowest BCUT2D eigenvalue weighted by Gasteiger charge is -2.55. The zero-order valence-electron chi connectivity index (χ0n) is 19.3. The number of benzene rings is 1. The third-order valence-electron chi connectivity index (χ3n) is 9.04. The lowest BCUT2D eigenvalue weighted by molar-refractivity contribution is -0.0485. The van der Waals surface area contributed by atoms with Gasteiger partial charge in [0.25, 0.3) is 5.56 Å². The molecule has 6 rings (SSSR count). The Balaban J connectivity index is 1.35. The van der Waals surface area contributed by atoms with Gasteiger partial charge in [-0.2, -0.15) is 0 Å². The van der Waals surface area contributed by atoms with Gasteiger partial charge in [-0.3, -0.25) is 9.69 Å². The maximum Gasteiger partial charge on any atom is 0.281 e. The molecule has 7 heteroatoms. The number of oxime groups is 1. The standard InChI is InChI=1S/C26H35N5O2/c27-25(29-33)24-26(32)31(23-10-2-1-9-22(23)28-24)21-14-18-7-4-8-19(15-21)30(18)20-12-16-5-3-6-17(11-16)13-20/h1-2,9-10,16-21,33H,3-8,11-15H2,(H2,27,29). The van der Waals surface area contributed by atoms with Gasteiger partial charge in [-0.1, -0.05) is 43.0 Å². The number of para-hydroxylation sites is 2. The second-order valence-corrected chi connectivity index (χ2v) is 10.9. The van der Waals surface area contributed by atoms with Crippen molar-refractivity contribution in [1.29, 1.82) is 0 Å². The summed E-state index contributed by atoms with van der Waals surface area (Å²) in [4.78, 5) is 20.9. The van der Waals surface area contributed by atoms with Gasteiger partial charge in [-0.25, -0.2) is 4.98 Å². The Kier molecular flexibility index (Phi) is 5.40. The fourth-order valence-corrected chi connectivity index (χ4v) is 7.87. The Morgan fingerprint density at radius 2 is 1.58 bits per heavy atom. The molecule has 4 atom stereocenters. The van der Waals surface area contributed by atoms with Crippen LogP contribution in [0.1, 0.15) is 82.4 Å². The summed E-state index contributed by atoms with van der Waals surface area (Å²) in [5.41, 5.74) is 7.22. The fourth-order valence-electron chi connectivity index (χ4n) is 7.87. The summed E-state index contributed by atoms with van der Waals surface area (Å²) in [6, 6.07) is 9.67. The van der Waals surface area contributed by atoms with Crippen LogP contribution >= 0.6 is 0 Å². The first kappa shape index (κ1) is 21.1. The number of fused-ring (bicyclic) bond motifs is 5. The van der Waals surface area contributed by atoms with E-state index in [2.05, 4.69) is 15.0 Å². The molecule has 2 saturated carbocycles. The van der Waals surface area contributed by atoms with Crippen LogP contribution in [0.2, 0.25) is 0 Å². The maximum absolute atomic E-state index is 13.5. The quantitative estimate of drug-likeness (QED) is 0.319. The highest BCUT2D eigenvalue weighted by molar-refractivity contribution is 5.96. The molecule has 4 fully saturated rings. The molecule has 3 heterocycles. The van der Waals surface area contributed by atoms with Crippen LogP contribution in [-0.2, 0) is 0 Å². The largest absolute Gasteiger partial charge is 0.409 e. The molecule has 4 unspecified atom stereocenters. The van der Waals surface area contributed by atoms with E-state index >= 15 is 0 Å². The first-order valence-corrected chi connectivity index (χ1v) is 12.9. The van der Waals surface area contributed by atoms with Crippen molar-refractivity contribution < 1.29 is 5.21 Å². The average molecular weight is 450 g/mol. The Hall–Kier alpha value is -2.41. The molecule has 1 aromatic heterocycles. The van der Waals surface area contributed by atoms with Crippen molar-refractivity contribution in [3.8, 4) is 0 Å². The molecule has 2 saturated heterocycles. The Labute approximate surface area is 194 Å². The molecule has 0 amide bonds. The molecule has 0 radical (unpaired) electrons. The van der Waals surface area contributed by atoms with E-state index in [1.165, 1.54) is 57.8 Å². The molecule has 3 N–H and O–H groups in total. The first-order valence-electron chi connectivity index (χ1n) is 12.9. The van der Waals surface area contributed by atoms with E-state index in [-0.39, 0.29) is 23.1 Å². The summed E-state index contributed by atoms with van der Waals surface area (Å²) in [6.07, 6.45) is 14.2. The van der Waals surface area contributed by atoms with Gasteiger partial charge in [0.2, 0.25) is 0 Å². The SMILES string of the molecule is N/C(=N\O)c1nc2ccccc2n(C2CC3CCCC(C2)N3C2CC3CCCC(C3)C2)c1=O. The number of nitrogens with zero attached hydrogens (tertiary/aromatic N) is 4. The molecule has 4 aliphatic rings. The highest BCUT2D eigenvalue weighted by Crippen LogP contribution is 2.47. The van der Waals surface area contributed by atoms with Crippen molar-refractivity contribution in [3.05, 3.63) is 40.3 Å². The second-order valence-electron chi connectivity index (χ2n) is 10.9. The van der Waals surface area contributed by atoms with Crippen LogP contribution in [0.5, 0.6) is 0 Å². The van der Waals surface area contributed by atoms with Gasteiger partial charge in [-0.05, 0) is 68.9 Å². The topological polar surface area (TPSA) is 96.7 Å². The number of hydrogen-bond acceptors (Lipinski definition) is 5.